The largest absolute Gasteiger partial charge is 0.416 e. The molecule has 1 fully saturated rings. The van der Waals surface area contributed by atoms with E-state index in [1.54, 1.807) is 4.90 Å². The van der Waals surface area contributed by atoms with Crippen LogP contribution in [0.25, 0.3) is 0 Å². The lowest BCUT2D eigenvalue weighted by molar-refractivity contribution is -0.137. The van der Waals surface area contributed by atoms with Gasteiger partial charge in [0.15, 0.2) is 0 Å². The summed E-state index contributed by atoms with van der Waals surface area (Å²) in [4.78, 5) is 26.7. The van der Waals surface area contributed by atoms with Crippen molar-refractivity contribution < 1.29 is 22.8 Å². The highest BCUT2D eigenvalue weighted by Gasteiger charge is 2.37. The van der Waals surface area contributed by atoms with E-state index in [4.69, 9.17) is 0 Å². The first kappa shape index (κ1) is 19.9. The predicted molar refractivity (Wildman–Crippen MR) is 101 cm³/mol. The summed E-state index contributed by atoms with van der Waals surface area (Å²) in [6.07, 6.45) is -3.70. The smallest absolute Gasteiger partial charge is 0.326 e. The summed E-state index contributed by atoms with van der Waals surface area (Å²) < 4.78 is 38.5. The SMILES string of the molecule is CCc1cccc(C)c1N1CC(C(=O)Nc2cccc(C(F)(F)F)c2)CC1=O. The van der Waals surface area contributed by atoms with Gasteiger partial charge in [0.1, 0.15) is 0 Å². The first-order valence-corrected chi connectivity index (χ1v) is 9.07. The van der Waals surface area contributed by atoms with E-state index in [0.29, 0.717) is 0 Å². The van der Waals surface area contributed by atoms with Gasteiger partial charge < -0.3 is 10.2 Å². The van der Waals surface area contributed by atoms with E-state index < -0.39 is 23.6 Å². The zero-order valence-corrected chi connectivity index (χ0v) is 15.6. The zero-order chi connectivity index (χ0) is 20.5. The molecule has 1 atom stereocenters. The molecule has 0 spiro atoms. The maximum Gasteiger partial charge on any atom is 0.416 e. The van der Waals surface area contributed by atoms with E-state index >= 15 is 0 Å². The molecule has 0 aliphatic carbocycles. The second-order valence-corrected chi connectivity index (χ2v) is 6.91. The molecule has 148 valence electrons. The number of carbonyl (C=O) groups excluding carboxylic acids is 2. The number of nitrogens with one attached hydrogen (secondary N) is 1. The molecule has 3 rings (SSSR count). The van der Waals surface area contributed by atoms with E-state index in [1.165, 1.54) is 12.1 Å². The molecule has 2 aromatic rings. The number of benzene rings is 2. The van der Waals surface area contributed by atoms with Crippen LogP contribution in [0, 0.1) is 12.8 Å². The average molecular weight is 390 g/mol. The Hall–Kier alpha value is -2.83. The Morgan fingerprint density at radius 1 is 1.21 bits per heavy atom. The van der Waals surface area contributed by atoms with Crippen molar-refractivity contribution in [2.75, 3.05) is 16.8 Å². The van der Waals surface area contributed by atoms with Crippen LogP contribution in [0.2, 0.25) is 0 Å². The highest BCUT2D eigenvalue weighted by molar-refractivity contribution is 6.04. The molecule has 1 heterocycles. The lowest BCUT2D eigenvalue weighted by Crippen LogP contribution is -2.29. The Kier molecular flexibility index (Phi) is 5.45. The summed E-state index contributed by atoms with van der Waals surface area (Å²) in [5.74, 6) is -1.23. The molecule has 1 saturated heterocycles. The van der Waals surface area contributed by atoms with Gasteiger partial charge in [0, 0.05) is 24.3 Å². The minimum atomic E-state index is -4.48. The third-order valence-corrected chi connectivity index (χ3v) is 4.93. The van der Waals surface area contributed by atoms with Crippen LogP contribution in [0.5, 0.6) is 0 Å². The molecule has 2 amide bonds. The second kappa shape index (κ2) is 7.66. The van der Waals surface area contributed by atoms with Crippen LogP contribution in [-0.2, 0) is 22.2 Å². The standard InChI is InChI=1S/C21H21F3N2O2/c1-3-14-7-4-6-13(2)19(14)26-12-15(10-18(26)27)20(28)25-17-9-5-8-16(11-17)21(22,23)24/h4-9,11,15H,3,10,12H2,1-2H3,(H,25,28). The third-order valence-electron chi connectivity index (χ3n) is 4.93. The van der Waals surface area contributed by atoms with Crippen molar-refractivity contribution in [1.29, 1.82) is 0 Å². The number of para-hydroxylation sites is 1. The summed E-state index contributed by atoms with van der Waals surface area (Å²) in [6, 6.07) is 10.3. The molecule has 0 bridgehead atoms. The van der Waals surface area contributed by atoms with E-state index in [1.807, 2.05) is 32.0 Å². The molecule has 0 saturated carbocycles. The molecule has 1 unspecified atom stereocenters. The quantitative estimate of drug-likeness (QED) is 0.832. The fraction of sp³-hybridized carbons (Fsp3) is 0.333. The summed E-state index contributed by atoms with van der Waals surface area (Å²) in [5, 5.41) is 2.51. The molecule has 0 aromatic heterocycles. The third kappa shape index (κ3) is 4.03. The van der Waals surface area contributed by atoms with Crippen molar-refractivity contribution >= 4 is 23.2 Å². The number of hydrogen-bond acceptors (Lipinski definition) is 2. The van der Waals surface area contributed by atoms with Crippen LogP contribution in [0.15, 0.2) is 42.5 Å². The summed E-state index contributed by atoms with van der Waals surface area (Å²) >= 11 is 0. The zero-order valence-electron chi connectivity index (χ0n) is 15.6. The van der Waals surface area contributed by atoms with E-state index in [-0.39, 0.29) is 24.6 Å². The fourth-order valence-corrected chi connectivity index (χ4v) is 3.51. The monoisotopic (exact) mass is 390 g/mol. The van der Waals surface area contributed by atoms with E-state index in [9.17, 15) is 22.8 Å². The van der Waals surface area contributed by atoms with Crippen molar-refractivity contribution in [1.82, 2.24) is 0 Å². The topological polar surface area (TPSA) is 49.4 Å². The maximum absolute atomic E-state index is 12.8. The van der Waals surface area contributed by atoms with E-state index in [2.05, 4.69) is 5.32 Å². The predicted octanol–water partition coefficient (Wildman–Crippen LogP) is 4.57. The number of halogens is 3. The molecular formula is C21H21F3N2O2. The molecule has 1 aliphatic rings. The maximum atomic E-state index is 12.8. The lowest BCUT2D eigenvalue weighted by atomic mass is 10.0. The normalized spacial score (nSPS) is 17.1. The van der Waals surface area contributed by atoms with Gasteiger partial charge in [0.25, 0.3) is 0 Å². The van der Waals surface area contributed by atoms with Crippen molar-refractivity contribution in [3.63, 3.8) is 0 Å². The first-order valence-electron chi connectivity index (χ1n) is 9.07. The van der Waals surface area contributed by atoms with Crippen molar-refractivity contribution in [2.24, 2.45) is 5.92 Å². The van der Waals surface area contributed by atoms with Gasteiger partial charge in [-0.05, 0) is 42.7 Å². The molecule has 4 nitrogen and oxygen atoms in total. The van der Waals surface area contributed by atoms with Gasteiger partial charge in [0.05, 0.1) is 11.5 Å². The molecule has 1 N–H and O–H groups in total. The van der Waals surface area contributed by atoms with Crippen LogP contribution in [0.1, 0.15) is 30.0 Å². The van der Waals surface area contributed by atoms with Crippen molar-refractivity contribution in [2.45, 2.75) is 32.9 Å². The average Bonchev–Trinajstić information content (AvgIpc) is 3.02. The number of alkyl halides is 3. The van der Waals surface area contributed by atoms with Gasteiger partial charge in [-0.3, -0.25) is 9.59 Å². The Morgan fingerprint density at radius 2 is 1.93 bits per heavy atom. The minimum absolute atomic E-state index is 0.0300. The highest BCUT2D eigenvalue weighted by atomic mass is 19.4. The molecular weight excluding hydrogens is 369 g/mol. The number of rotatable bonds is 4. The highest BCUT2D eigenvalue weighted by Crippen LogP contribution is 2.33. The molecule has 1 aliphatic heterocycles. The van der Waals surface area contributed by atoms with Gasteiger partial charge in [-0.25, -0.2) is 0 Å². The number of hydrogen-bond donors (Lipinski definition) is 1. The minimum Gasteiger partial charge on any atom is -0.326 e. The number of amides is 2. The Balaban J connectivity index is 1.77. The van der Waals surface area contributed by atoms with E-state index in [0.717, 1.165) is 35.4 Å². The van der Waals surface area contributed by atoms with Crippen LogP contribution >= 0.6 is 0 Å². The lowest BCUT2D eigenvalue weighted by Gasteiger charge is -2.22. The molecule has 7 heteroatoms. The van der Waals surface area contributed by atoms with Crippen LogP contribution in [-0.4, -0.2) is 18.4 Å². The van der Waals surface area contributed by atoms with Gasteiger partial charge in [0.2, 0.25) is 11.8 Å². The van der Waals surface area contributed by atoms with Crippen LogP contribution < -0.4 is 10.2 Å². The summed E-state index contributed by atoms with van der Waals surface area (Å²) in [6.45, 7) is 4.12. The summed E-state index contributed by atoms with van der Waals surface area (Å²) in [5.41, 5.74) is 2.03. The van der Waals surface area contributed by atoms with Gasteiger partial charge >= 0.3 is 6.18 Å². The number of carbonyl (C=O) groups is 2. The Morgan fingerprint density at radius 3 is 2.61 bits per heavy atom. The molecule has 0 radical (unpaired) electrons. The van der Waals surface area contributed by atoms with Gasteiger partial charge in [-0.2, -0.15) is 13.2 Å². The molecule has 2 aromatic carbocycles. The second-order valence-electron chi connectivity index (χ2n) is 6.91. The number of anilines is 2. The van der Waals surface area contributed by atoms with Gasteiger partial charge in [-0.15, -0.1) is 0 Å². The Labute approximate surface area is 161 Å². The van der Waals surface area contributed by atoms with Crippen LogP contribution in [0.3, 0.4) is 0 Å². The first-order chi connectivity index (χ1) is 13.2. The van der Waals surface area contributed by atoms with Crippen molar-refractivity contribution in [3.8, 4) is 0 Å². The van der Waals surface area contributed by atoms with Crippen molar-refractivity contribution in [3.05, 3.63) is 59.2 Å². The summed E-state index contributed by atoms with van der Waals surface area (Å²) in [7, 11) is 0. The molecule has 28 heavy (non-hydrogen) atoms. The Bertz CT molecular complexity index is 909. The van der Waals surface area contributed by atoms with Gasteiger partial charge in [-0.1, -0.05) is 31.2 Å². The number of nitrogens with zero attached hydrogens (tertiary/aromatic N) is 1. The number of aryl methyl sites for hydroxylation is 2. The van der Waals surface area contributed by atoms with Crippen LogP contribution in [0.4, 0.5) is 24.5 Å². The fourth-order valence-electron chi connectivity index (χ4n) is 3.51.